The van der Waals surface area contributed by atoms with Crippen molar-refractivity contribution in [3.05, 3.63) is 91.0 Å². The van der Waals surface area contributed by atoms with E-state index in [9.17, 15) is 13.0 Å². The number of hydrogen-bond acceptors (Lipinski definition) is 3. The Bertz CT molecular complexity index is 904. The second-order valence-corrected chi connectivity index (χ2v) is 11.6. The molecule has 0 aliphatic heterocycles. The number of hydrogen-bond donors (Lipinski definition) is 0. The van der Waals surface area contributed by atoms with Crippen LogP contribution in [0.3, 0.4) is 0 Å². The molecule has 0 radical (unpaired) electrons. The lowest BCUT2D eigenvalue weighted by molar-refractivity contribution is 0.350. The summed E-state index contributed by atoms with van der Waals surface area (Å²) in [5.74, 6) is 0. The van der Waals surface area contributed by atoms with Gasteiger partial charge in [-0.2, -0.15) is 0 Å². The zero-order chi connectivity index (χ0) is 21.5. The summed E-state index contributed by atoms with van der Waals surface area (Å²) in [5.41, 5.74) is 0. The van der Waals surface area contributed by atoms with Crippen LogP contribution in [0.1, 0.15) is 39.0 Å². The van der Waals surface area contributed by atoms with Gasteiger partial charge in [0.15, 0.2) is 14.7 Å². The van der Waals surface area contributed by atoms with Crippen molar-refractivity contribution in [1.82, 2.24) is 0 Å². The molecule has 5 heteroatoms. The molecular weight excluding hydrogens is 412 g/mol. The van der Waals surface area contributed by atoms with Crippen molar-refractivity contribution < 1.29 is 13.0 Å². The van der Waals surface area contributed by atoms with Crippen molar-refractivity contribution in [3.8, 4) is 0 Å². The third kappa shape index (κ3) is 5.75. The SMILES string of the molecule is CC1(S(=O)(=O)[O-])CCCCC1.c1ccc([S+](c2ccccc2)c2ccccc2)cc1. The van der Waals surface area contributed by atoms with E-state index < -0.39 is 14.9 Å². The molecule has 158 valence electrons. The van der Waals surface area contributed by atoms with Crippen molar-refractivity contribution in [2.45, 2.75) is 58.5 Å². The summed E-state index contributed by atoms with van der Waals surface area (Å²) in [5, 5.41) is 0. The molecule has 0 spiro atoms. The van der Waals surface area contributed by atoms with Crippen molar-refractivity contribution in [2.24, 2.45) is 0 Å². The van der Waals surface area contributed by atoms with Gasteiger partial charge in [0.25, 0.3) is 0 Å². The van der Waals surface area contributed by atoms with Gasteiger partial charge in [0.2, 0.25) is 0 Å². The smallest absolute Gasteiger partial charge is 0.166 e. The summed E-state index contributed by atoms with van der Waals surface area (Å²) in [6.45, 7) is 1.56. The first-order valence-electron chi connectivity index (χ1n) is 10.3. The molecule has 1 aliphatic rings. The van der Waals surface area contributed by atoms with Crippen molar-refractivity contribution in [3.63, 3.8) is 0 Å². The van der Waals surface area contributed by atoms with E-state index in [0.717, 1.165) is 19.3 Å². The predicted octanol–water partition coefficient (Wildman–Crippen LogP) is 6.04. The number of benzene rings is 3. The van der Waals surface area contributed by atoms with E-state index in [-0.39, 0.29) is 10.9 Å². The van der Waals surface area contributed by atoms with Crippen LogP contribution < -0.4 is 0 Å². The molecule has 1 saturated carbocycles. The maximum atomic E-state index is 10.8. The monoisotopic (exact) mass is 440 g/mol. The molecule has 0 saturated heterocycles. The van der Waals surface area contributed by atoms with Gasteiger partial charge in [0.05, 0.1) is 15.6 Å². The summed E-state index contributed by atoms with van der Waals surface area (Å²) >= 11 is 0. The Labute approximate surface area is 183 Å². The Balaban J connectivity index is 0.000000199. The Morgan fingerprint density at radius 2 is 1.00 bits per heavy atom. The Morgan fingerprint density at radius 3 is 1.27 bits per heavy atom. The molecule has 0 atom stereocenters. The van der Waals surface area contributed by atoms with Gasteiger partial charge in [-0.05, 0) is 56.2 Å². The van der Waals surface area contributed by atoms with Crippen molar-refractivity contribution >= 4 is 21.0 Å². The first-order chi connectivity index (χ1) is 14.4. The van der Waals surface area contributed by atoms with Crippen LogP contribution >= 0.6 is 0 Å². The molecule has 3 aromatic rings. The van der Waals surface area contributed by atoms with Gasteiger partial charge in [-0.3, -0.25) is 0 Å². The molecule has 0 amide bonds. The predicted molar refractivity (Wildman–Crippen MR) is 123 cm³/mol. The van der Waals surface area contributed by atoms with Gasteiger partial charge in [-0.15, -0.1) is 0 Å². The minimum Gasteiger partial charge on any atom is -0.748 e. The molecule has 3 aromatic carbocycles. The fourth-order valence-electron chi connectivity index (χ4n) is 3.63. The normalized spacial score (nSPS) is 15.8. The van der Waals surface area contributed by atoms with E-state index in [1.54, 1.807) is 6.92 Å². The Kier molecular flexibility index (Phi) is 7.75. The van der Waals surface area contributed by atoms with E-state index in [0.29, 0.717) is 12.8 Å². The Hall–Kier alpha value is -2.08. The third-order valence-corrected chi connectivity index (χ3v) is 9.30. The maximum absolute atomic E-state index is 10.8. The minimum atomic E-state index is -4.08. The standard InChI is InChI=1S/C18H15S.C7H14O3S/c1-4-10-16(11-5-1)19(17-12-6-2-7-13-17)18-14-8-3-9-15-18;1-7(11(8,9)10)5-3-2-4-6-7/h1-15H;2-6H2,1H3,(H,8,9,10)/q+1;/p-1. The molecule has 3 nitrogen and oxygen atoms in total. The van der Waals surface area contributed by atoms with E-state index in [4.69, 9.17) is 0 Å². The minimum absolute atomic E-state index is 0.0146. The lowest BCUT2D eigenvalue weighted by atomic mass is 9.90. The van der Waals surface area contributed by atoms with Crippen LogP contribution in [-0.2, 0) is 21.0 Å². The average molecular weight is 441 g/mol. The topological polar surface area (TPSA) is 57.2 Å². The van der Waals surface area contributed by atoms with Crippen LogP contribution in [0.5, 0.6) is 0 Å². The van der Waals surface area contributed by atoms with Gasteiger partial charge in [-0.1, -0.05) is 73.9 Å². The van der Waals surface area contributed by atoms with Crippen molar-refractivity contribution in [2.75, 3.05) is 0 Å². The van der Waals surface area contributed by atoms with Crippen LogP contribution in [0.15, 0.2) is 106 Å². The molecule has 0 N–H and O–H groups in total. The highest BCUT2D eigenvalue weighted by Gasteiger charge is 2.33. The lowest BCUT2D eigenvalue weighted by Gasteiger charge is -2.35. The van der Waals surface area contributed by atoms with Crippen molar-refractivity contribution in [1.29, 1.82) is 0 Å². The first-order valence-corrected chi connectivity index (χ1v) is 12.9. The molecule has 0 aromatic heterocycles. The average Bonchev–Trinajstić information content (AvgIpc) is 2.77. The molecule has 0 unspecified atom stereocenters. The molecule has 30 heavy (non-hydrogen) atoms. The largest absolute Gasteiger partial charge is 0.748 e. The fourth-order valence-corrected chi connectivity index (χ4v) is 6.52. The zero-order valence-corrected chi connectivity index (χ0v) is 18.9. The Morgan fingerprint density at radius 1 is 0.667 bits per heavy atom. The quantitative estimate of drug-likeness (QED) is 0.367. The van der Waals surface area contributed by atoms with Crippen LogP contribution in [0.25, 0.3) is 0 Å². The highest BCUT2D eigenvalue weighted by atomic mass is 32.2. The molecular formula is C25H28O3S2. The lowest BCUT2D eigenvalue weighted by Crippen LogP contribution is -2.36. The van der Waals surface area contributed by atoms with Gasteiger partial charge in [0, 0.05) is 0 Å². The van der Waals surface area contributed by atoms with Gasteiger partial charge in [0.1, 0.15) is 10.1 Å². The molecule has 0 bridgehead atoms. The zero-order valence-electron chi connectivity index (χ0n) is 17.2. The van der Waals surface area contributed by atoms with Crippen LogP contribution in [0, 0.1) is 0 Å². The van der Waals surface area contributed by atoms with Crippen LogP contribution in [-0.4, -0.2) is 17.7 Å². The van der Waals surface area contributed by atoms with Gasteiger partial charge in [-0.25, -0.2) is 8.42 Å². The molecule has 0 heterocycles. The second kappa shape index (κ2) is 10.3. The van der Waals surface area contributed by atoms with Gasteiger partial charge < -0.3 is 4.55 Å². The first kappa shape index (κ1) is 22.6. The molecule has 1 aliphatic carbocycles. The fraction of sp³-hybridized carbons (Fsp3) is 0.280. The summed E-state index contributed by atoms with van der Waals surface area (Å²) in [7, 11) is -4.09. The third-order valence-electron chi connectivity index (χ3n) is 5.45. The summed E-state index contributed by atoms with van der Waals surface area (Å²) in [6.07, 6.45) is 3.89. The molecule has 4 rings (SSSR count). The highest BCUT2D eigenvalue weighted by Crippen LogP contribution is 2.33. The highest BCUT2D eigenvalue weighted by molar-refractivity contribution is 7.97. The maximum Gasteiger partial charge on any atom is 0.166 e. The van der Waals surface area contributed by atoms with E-state index in [1.807, 2.05) is 0 Å². The molecule has 1 fully saturated rings. The second-order valence-electron chi connectivity index (χ2n) is 7.71. The van der Waals surface area contributed by atoms with Gasteiger partial charge >= 0.3 is 0 Å². The van der Waals surface area contributed by atoms with E-state index >= 15 is 0 Å². The van der Waals surface area contributed by atoms with Crippen LogP contribution in [0.2, 0.25) is 0 Å². The van der Waals surface area contributed by atoms with E-state index in [1.165, 1.54) is 14.7 Å². The number of rotatable bonds is 4. The summed E-state index contributed by atoms with van der Waals surface area (Å²) in [4.78, 5) is 4.08. The van der Waals surface area contributed by atoms with Crippen LogP contribution in [0.4, 0.5) is 0 Å². The summed E-state index contributed by atoms with van der Waals surface area (Å²) in [6, 6.07) is 32.2. The summed E-state index contributed by atoms with van der Waals surface area (Å²) < 4.78 is 31.3. The van der Waals surface area contributed by atoms with E-state index in [2.05, 4.69) is 91.0 Å².